The monoisotopic (exact) mass is 480 g/mol. The number of hydrogen-bond acceptors (Lipinski definition) is 6. The number of sulfonamides is 1. The average Bonchev–Trinajstić information content (AvgIpc) is 3.15. The summed E-state index contributed by atoms with van der Waals surface area (Å²) in [6.07, 6.45) is -4.29. The van der Waals surface area contributed by atoms with Crippen molar-refractivity contribution in [1.82, 2.24) is 4.98 Å². The fourth-order valence-electron chi connectivity index (χ4n) is 3.40. The number of nitrogens with zero attached hydrogens (tertiary/aromatic N) is 2. The molecule has 8 nitrogen and oxygen atoms in total. The van der Waals surface area contributed by atoms with Gasteiger partial charge in [-0.25, -0.2) is 22.9 Å². The third kappa shape index (κ3) is 4.75. The van der Waals surface area contributed by atoms with Crippen LogP contribution in [0.15, 0.2) is 35.5 Å². The van der Waals surface area contributed by atoms with Crippen LogP contribution in [0.5, 0.6) is 5.75 Å². The number of pyridine rings is 1. The molecule has 1 amide bonds. The van der Waals surface area contributed by atoms with E-state index in [0.717, 1.165) is 30.3 Å². The number of nitrogens with one attached hydrogen (secondary N) is 1. The van der Waals surface area contributed by atoms with Crippen molar-refractivity contribution in [1.29, 1.82) is 0 Å². The summed E-state index contributed by atoms with van der Waals surface area (Å²) < 4.78 is 95.7. The number of hydrogen-bond donors (Lipinski definition) is 2. The Morgan fingerprint density at radius 2 is 1.97 bits per heavy atom. The van der Waals surface area contributed by atoms with Crippen molar-refractivity contribution in [3.05, 3.63) is 42.1 Å². The van der Waals surface area contributed by atoms with Crippen LogP contribution in [0.4, 0.5) is 33.3 Å². The zero-order valence-corrected chi connectivity index (χ0v) is 17.2. The van der Waals surface area contributed by atoms with Gasteiger partial charge in [0.1, 0.15) is 6.04 Å². The maximum atomic E-state index is 14.2. The van der Waals surface area contributed by atoms with Gasteiger partial charge in [-0.05, 0) is 24.6 Å². The normalized spacial score (nSPS) is 19.2. The molecule has 2 heterocycles. The van der Waals surface area contributed by atoms with Crippen LogP contribution >= 0.6 is 0 Å². The molecular weight excluding hydrogens is 463 g/mol. The number of ether oxygens (including phenoxy) is 1. The Morgan fingerprint density at radius 3 is 2.56 bits per heavy atom. The number of anilines is 2. The zero-order valence-electron chi connectivity index (χ0n) is 16.4. The molecule has 0 aliphatic carbocycles. The van der Waals surface area contributed by atoms with Gasteiger partial charge in [0.15, 0.2) is 16.6 Å². The number of nitrogens with two attached hydrogens (primary N) is 1. The quantitative estimate of drug-likeness (QED) is 0.636. The number of methoxy groups -OCH3 is 1. The summed E-state index contributed by atoms with van der Waals surface area (Å²) in [4.78, 5) is 17.4. The van der Waals surface area contributed by atoms with Crippen molar-refractivity contribution in [2.45, 2.75) is 23.7 Å². The molecule has 32 heavy (non-hydrogen) atoms. The Bertz CT molecular complexity index is 1140. The van der Waals surface area contributed by atoms with Crippen molar-refractivity contribution in [3.8, 4) is 5.75 Å². The van der Waals surface area contributed by atoms with Crippen LogP contribution in [0.25, 0.3) is 0 Å². The molecular formula is C18H17F5N4O4S. The molecule has 0 saturated carbocycles. The van der Waals surface area contributed by atoms with Crippen LogP contribution in [0.2, 0.25) is 0 Å². The standard InChI is InChI=1S/C18H17F5N4O4S/c1-31-16-12(3-2-11(19)15(16)20)27-8-9(18(21,22)23)6-13(27)17(28)26-10-4-5-25-14(7-10)32(24,29)30/h2-5,7,9,13H,6,8H2,1H3,(H2,24,29,30)(H,25,26,28)/t9-,13+/m0/s1. The number of alkyl halides is 3. The molecule has 0 unspecified atom stereocenters. The minimum absolute atomic E-state index is 0.0818. The number of amides is 1. The molecule has 0 bridgehead atoms. The summed E-state index contributed by atoms with van der Waals surface area (Å²) >= 11 is 0. The van der Waals surface area contributed by atoms with Gasteiger partial charge in [-0.15, -0.1) is 0 Å². The van der Waals surface area contributed by atoms with E-state index < -0.39 is 69.4 Å². The molecule has 0 spiro atoms. The average molecular weight is 480 g/mol. The molecule has 1 fully saturated rings. The summed E-state index contributed by atoms with van der Waals surface area (Å²) in [5.41, 5.74) is -0.320. The van der Waals surface area contributed by atoms with Crippen molar-refractivity contribution in [3.63, 3.8) is 0 Å². The largest absolute Gasteiger partial charge is 0.491 e. The zero-order chi connectivity index (χ0) is 23.8. The number of rotatable bonds is 5. The Hall–Kier alpha value is -3.00. The minimum Gasteiger partial charge on any atom is -0.491 e. The molecule has 1 aromatic heterocycles. The molecule has 174 valence electrons. The predicted molar refractivity (Wildman–Crippen MR) is 102 cm³/mol. The van der Waals surface area contributed by atoms with Gasteiger partial charge in [0.2, 0.25) is 11.7 Å². The van der Waals surface area contributed by atoms with E-state index >= 15 is 0 Å². The first kappa shape index (κ1) is 23.7. The third-order valence-electron chi connectivity index (χ3n) is 4.90. The van der Waals surface area contributed by atoms with E-state index in [1.807, 2.05) is 0 Å². The van der Waals surface area contributed by atoms with E-state index in [1.165, 1.54) is 6.07 Å². The van der Waals surface area contributed by atoms with Gasteiger partial charge in [0.05, 0.1) is 18.7 Å². The fraction of sp³-hybridized carbons (Fsp3) is 0.333. The molecule has 1 saturated heterocycles. The van der Waals surface area contributed by atoms with Crippen LogP contribution in [0.3, 0.4) is 0 Å². The lowest BCUT2D eigenvalue weighted by molar-refractivity contribution is -0.168. The van der Waals surface area contributed by atoms with Crippen molar-refractivity contribution < 1.29 is 39.9 Å². The highest BCUT2D eigenvalue weighted by atomic mass is 32.2. The SMILES string of the molecule is COc1c(N2C[C@@H](C(F)(F)F)C[C@@H]2C(=O)Nc2ccnc(S(N)(=O)=O)c2)ccc(F)c1F. The number of primary sulfonamides is 1. The maximum Gasteiger partial charge on any atom is 0.393 e. The lowest BCUT2D eigenvalue weighted by Gasteiger charge is -2.27. The van der Waals surface area contributed by atoms with E-state index in [9.17, 15) is 35.2 Å². The summed E-state index contributed by atoms with van der Waals surface area (Å²) in [7, 11) is -3.18. The smallest absolute Gasteiger partial charge is 0.393 e. The van der Waals surface area contributed by atoms with Gasteiger partial charge in [-0.3, -0.25) is 4.79 Å². The summed E-state index contributed by atoms with van der Waals surface area (Å²) in [6, 6.07) is 2.43. The Kier molecular flexibility index (Phi) is 6.29. The van der Waals surface area contributed by atoms with E-state index in [1.54, 1.807) is 0 Å². The van der Waals surface area contributed by atoms with Crippen molar-refractivity contribution >= 4 is 27.3 Å². The lowest BCUT2D eigenvalue weighted by atomic mass is 10.0. The third-order valence-corrected chi connectivity index (χ3v) is 5.71. The molecule has 14 heteroatoms. The van der Waals surface area contributed by atoms with Crippen LogP contribution in [-0.2, 0) is 14.8 Å². The number of aromatic nitrogens is 1. The highest BCUT2D eigenvalue weighted by molar-refractivity contribution is 7.89. The van der Waals surface area contributed by atoms with E-state index in [4.69, 9.17) is 9.88 Å². The fourth-order valence-corrected chi connectivity index (χ4v) is 3.90. The van der Waals surface area contributed by atoms with Gasteiger partial charge in [-0.2, -0.15) is 17.6 Å². The van der Waals surface area contributed by atoms with Crippen LogP contribution in [0.1, 0.15) is 6.42 Å². The summed E-state index contributed by atoms with van der Waals surface area (Å²) in [5.74, 6) is -6.20. The van der Waals surface area contributed by atoms with Crippen LogP contribution in [0, 0.1) is 17.6 Å². The number of carbonyl (C=O) groups is 1. The minimum atomic E-state index is -4.66. The summed E-state index contributed by atoms with van der Waals surface area (Å²) in [6.45, 7) is -0.707. The molecule has 0 radical (unpaired) electrons. The molecule has 2 atom stereocenters. The van der Waals surface area contributed by atoms with Gasteiger partial charge in [0, 0.05) is 24.5 Å². The van der Waals surface area contributed by atoms with Crippen molar-refractivity contribution in [2.75, 3.05) is 23.9 Å². The molecule has 1 aromatic carbocycles. The van der Waals surface area contributed by atoms with E-state index in [0.29, 0.717) is 6.07 Å². The number of carbonyl (C=O) groups excluding carboxylic acids is 1. The van der Waals surface area contributed by atoms with Crippen molar-refractivity contribution in [2.24, 2.45) is 11.1 Å². The highest BCUT2D eigenvalue weighted by Crippen LogP contribution is 2.43. The first-order chi connectivity index (χ1) is 14.8. The van der Waals surface area contributed by atoms with E-state index in [-0.39, 0.29) is 11.4 Å². The molecule has 3 rings (SSSR count). The Balaban J connectivity index is 1.97. The second-order valence-corrected chi connectivity index (χ2v) is 8.48. The first-order valence-corrected chi connectivity index (χ1v) is 10.5. The van der Waals surface area contributed by atoms with Gasteiger partial charge < -0.3 is 15.0 Å². The van der Waals surface area contributed by atoms with Gasteiger partial charge in [-0.1, -0.05) is 0 Å². The molecule has 1 aliphatic heterocycles. The lowest BCUT2D eigenvalue weighted by Crippen LogP contribution is -2.40. The van der Waals surface area contributed by atoms with Gasteiger partial charge >= 0.3 is 6.18 Å². The second kappa shape index (κ2) is 8.50. The Morgan fingerprint density at radius 1 is 1.28 bits per heavy atom. The maximum absolute atomic E-state index is 14.2. The molecule has 2 aromatic rings. The molecule has 1 aliphatic rings. The first-order valence-electron chi connectivity index (χ1n) is 8.98. The second-order valence-electron chi connectivity index (χ2n) is 6.97. The number of halogens is 5. The topological polar surface area (TPSA) is 115 Å². The van der Waals surface area contributed by atoms with Crippen LogP contribution in [-0.4, -0.2) is 45.2 Å². The summed E-state index contributed by atoms with van der Waals surface area (Å²) in [5, 5.41) is 6.74. The molecule has 3 N–H and O–H groups in total. The highest BCUT2D eigenvalue weighted by Gasteiger charge is 2.50. The van der Waals surface area contributed by atoms with Crippen LogP contribution < -0.4 is 20.1 Å². The van der Waals surface area contributed by atoms with E-state index in [2.05, 4.69) is 10.3 Å². The number of benzene rings is 1. The predicted octanol–water partition coefficient (Wildman–Crippen LogP) is 2.41. The van der Waals surface area contributed by atoms with Gasteiger partial charge in [0.25, 0.3) is 10.0 Å². The Labute approximate surface area is 179 Å².